The third-order valence-electron chi connectivity index (χ3n) is 3.78. The number of para-hydroxylation sites is 1. The molecule has 0 aliphatic heterocycles. The Hall–Kier alpha value is -3.25. The van der Waals surface area contributed by atoms with Crippen LogP contribution in [0.4, 0.5) is 5.13 Å². The Kier molecular flexibility index (Phi) is 3.87. The van der Waals surface area contributed by atoms with Crippen molar-refractivity contribution in [1.29, 1.82) is 0 Å². The number of amides is 1. The number of nitrogens with zero attached hydrogens (tertiary/aromatic N) is 2. The number of carbonyl (C=O) groups is 1. The van der Waals surface area contributed by atoms with Crippen LogP contribution in [0.25, 0.3) is 22.2 Å². The van der Waals surface area contributed by atoms with Crippen molar-refractivity contribution >= 4 is 33.3 Å². The molecule has 4 rings (SSSR count). The number of nitrogens with one attached hydrogen (secondary N) is 1. The lowest BCUT2D eigenvalue weighted by Gasteiger charge is -2.09. The van der Waals surface area contributed by atoms with E-state index in [1.165, 1.54) is 11.3 Å². The van der Waals surface area contributed by atoms with Gasteiger partial charge in [0.1, 0.15) is 5.75 Å². The van der Waals surface area contributed by atoms with E-state index in [4.69, 9.17) is 0 Å². The molecule has 1 amide bonds. The van der Waals surface area contributed by atoms with Gasteiger partial charge in [0.05, 0.1) is 16.8 Å². The van der Waals surface area contributed by atoms with Crippen LogP contribution in [0.15, 0.2) is 66.2 Å². The summed E-state index contributed by atoms with van der Waals surface area (Å²) in [5, 5.41) is 15.4. The number of fused-ring (bicyclic) bond motifs is 1. The molecule has 0 atom stereocenters. The average Bonchev–Trinajstić information content (AvgIpc) is 3.14. The van der Waals surface area contributed by atoms with E-state index in [0.717, 1.165) is 16.5 Å². The summed E-state index contributed by atoms with van der Waals surface area (Å²) in [5.74, 6) is -0.0418. The molecule has 0 fully saturated rings. The molecule has 6 heteroatoms. The third kappa shape index (κ3) is 3.07. The van der Waals surface area contributed by atoms with E-state index < -0.39 is 0 Å². The maximum absolute atomic E-state index is 12.8. The number of benzene rings is 2. The highest BCUT2D eigenvalue weighted by Gasteiger charge is 2.15. The first-order valence-corrected chi connectivity index (χ1v) is 8.49. The molecule has 4 aromatic rings. The number of phenolic OH excluding ortho intramolecular Hbond substituents is 1. The van der Waals surface area contributed by atoms with E-state index in [1.54, 1.807) is 36.5 Å². The molecule has 0 aliphatic carbocycles. The van der Waals surface area contributed by atoms with Gasteiger partial charge < -0.3 is 5.11 Å². The van der Waals surface area contributed by atoms with Crippen molar-refractivity contribution in [3.05, 3.63) is 71.7 Å². The van der Waals surface area contributed by atoms with Crippen molar-refractivity contribution in [3.63, 3.8) is 0 Å². The molecule has 2 heterocycles. The number of phenols is 1. The average molecular weight is 347 g/mol. The molecular formula is C19H13N3O2S. The van der Waals surface area contributed by atoms with Gasteiger partial charge in [-0.2, -0.15) is 0 Å². The first-order chi connectivity index (χ1) is 12.2. The number of pyridine rings is 1. The standard InChI is InChI=1S/C19H13N3O2S/c23-13-7-5-12(6-8-13)17-11-15(14-3-1-2-4-16(14)21-17)18(24)22-19-20-9-10-25-19/h1-11,23H,(H,20,22,24). The lowest BCUT2D eigenvalue weighted by atomic mass is 10.0. The number of thiazole rings is 1. The van der Waals surface area contributed by atoms with Gasteiger partial charge >= 0.3 is 0 Å². The Bertz CT molecular complexity index is 1040. The van der Waals surface area contributed by atoms with Gasteiger partial charge in [-0.1, -0.05) is 18.2 Å². The first-order valence-electron chi connectivity index (χ1n) is 7.61. The number of hydrogen-bond acceptors (Lipinski definition) is 5. The summed E-state index contributed by atoms with van der Waals surface area (Å²) in [7, 11) is 0. The summed E-state index contributed by atoms with van der Waals surface area (Å²) in [6.07, 6.45) is 1.65. The van der Waals surface area contributed by atoms with Crippen LogP contribution >= 0.6 is 11.3 Å². The minimum absolute atomic E-state index is 0.186. The highest BCUT2D eigenvalue weighted by Crippen LogP contribution is 2.27. The predicted molar refractivity (Wildman–Crippen MR) is 98.9 cm³/mol. The van der Waals surface area contributed by atoms with Gasteiger partial charge in [-0.15, -0.1) is 11.3 Å². The van der Waals surface area contributed by atoms with Gasteiger partial charge in [-0.25, -0.2) is 9.97 Å². The Morgan fingerprint density at radius 1 is 1.08 bits per heavy atom. The van der Waals surface area contributed by atoms with Crippen molar-refractivity contribution in [3.8, 4) is 17.0 Å². The van der Waals surface area contributed by atoms with Crippen molar-refractivity contribution in [2.24, 2.45) is 0 Å². The number of hydrogen-bond donors (Lipinski definition) is 2. The Balaban J connectivity index is 1.84. The van der Waals surface area contributed by atoms with Crippen molar-refractivity contribution in [2.75, 3.05) is 5.32 Å². The molecule has 0 radical (unpaired) electrons. The molecule has 2 N–H and O–H groups in total. The molecule has 25 heavy (non-hydrogen) atoms. The summed E-state index contributed by atoms with van der Waals surface area (Å²) in [5.41, 5.74) is 2.76. The lowest BCUT2D eigenvalue weighted by molar-refractivity contribution is 0.102. The van der Waals surface area contributed by atoms with Crippen LogP contribution in [0, 0.1) is 0 Å². The largest absolute Gasteiger partial charge is 0.508 e. The molecule has 0 unspecified atom stereocenters. The van der Waals surface area contributed by atoms with Crippen LogP contribution in [0.1, 0.15) is 10.4 Å². The Morgan fingerprint density at radius 2 is 1.88 bits per heavy atom. The summed E-state index contributed by atoms with van der Waals surface area (Å²) >= 11 is 1.37. The van der Waals surface area contributed by atoms with E-state index in [2.05, 4.69) is 15.3 Å². The first kappa shape index (κ1) is 15.3. The normalized spacial score (nSPS) is 10.7. The molecular weight excluding hydrogens is 334 g/mol. The van der Waals surface area contributed by atoms with E-state index in [0.29, 0.717) is 16.4 Å². The summed E-state index contributed by atoms with van der Waals surface area (Å²) < 4.78 is 0. The van der Waals surface area contributed by atoms with Gasteiger partial charge in [-0.3, -0.25) is 10.1 Å². The molecule has 0 saturated carbocycles. The van der Waals surface area contributed by atoms with E-state index >= 15 is 0 Å². The van der Waals surface area contributed by atoms with Gasteiger partial charge in [0.25, 0.3) is 5.91 Å². The van der Waals surface area contributed by atoms with Crippen LogP contribution < -0.4 is 5.32 Å². The van der Waals surface area contributed by atoms with Crippen molar-refractivity contribution in [1.82, 2.24) is 9.97 Å². The smallest absolute Gasteiger partial charge is 0.258 e. The maximum atomic E-state index is 12.8. The van der Waals surface area contributed by atoms with Gasteiger partial charge in [0.15, 0.2) is 5.13 Å². The number of aromatic nitrogens is 2. The van der Waals surface area contributed by atoms with Crippen LogP contribution in [0.2, 0.25) is 0 Å². The minimum Gasteiger partial charge on any atom is -0.508 e. The molecule has 0 bridgehead atoms. The molecule has 5 nitrogen and oxygen atoms in total. The topological polar surface area (TPSA) is 75.1 Å². The van der Waals surface area contributed by atoms with Crippen LogP contribution in [-0.4, -0.2) is 21.0 Å². The molecule has 122 valence electrons. The molecule has 0 aliphatic rings. The SMILES string of the molecule is O=C(Nc1nccs1)c1cc(-c2ccc(O)cc2)nc2ccccc12. The van der Waals surface area contributed by atoms with Crippen LogP contribution in [0.5, 0.6) is 5.75 Å². The van der Waals surface area contributed by atoms with Gasteiger partial charge in [-0.05, 0) is 36.4 Å². The number of anilines is 1. The molecule has 2 aromatic carbocycles. The second-order valence-electron chi connectivity index (χ2n) is 5.41. The molecule has 0 spiro atoms. The highest BCUT2D eigenvalue weighted by atomic mass is 32.1. The van der Waals surface area contributed by atoms with Crippen LogP contribution in [-0.2, 0) is 0 Å². The number of carbonyl (C=O) groups excluding carboxylic acids is 1. The fourth-order valence-corrected chi connectivity index (χ4v) is 3.12. The summed E-state index contributed by atoms with van der Waals surface area (Å²) in [6, 6.07) is 16.0. The third-order valence-corrected chi connectivity index (χ3v) is 4.47. The highest BCUT2D eigenvalue weighted by molar-refractivity contribution is 7.13. The number of rotatable bonds is 3. The molecule has 2 aromatic heterocycles. The second-order valence-corrected chi connectivity index (χ2v) is 6.31. The zero-order valence-corrected chi connectivity index (χ0v) is 13.8. The van der Waals surface area contributed by atoms with E-state index in [1.807, 2.05) is 29.6 Å². The zero-order valence-electron chi connectivity index (χ0n) is 13.0. The molecule has 0 saturated heterocycles. The fourth-order valence-electron chi connectivity index (χ4n) is 2.59. The van der Waals surface area contributed by atoms with Gasteiger partial charge in [0, 0.05) is 22.5 Å². The zero-order chi connectivity index (χ0) is 17.2. The van der Waals surface area contributed by atoms with Crippen LogP contribution in [0.3, 0.4) is 0 Å². The number of aromatic hydroxyl groups is 1. The van der Waals surface area contributed by atoms with E-state index in [9.17, 15) is 9.90 Å². The summed E-state index contributed by atoms with van der Waals surface area (Å²) in [4.78, 5) is 21.5. The Morgan fingerprint density at radius 3 is 2.64 bits per heavy atom. The maximum Gasteiger partial charge on any atom is 0.258 e. The van der Waals surface area contributed by atoms with Crippen molar-refractivity contribution in [2.45, 2.75) is 0 Å². The second kappa shape index (κ2) is 6.33. The minimum atomic E-state index is -0.228. The fraction of sp³-hybridized carbons (Fsp3) is 0. The Labute approximate surface area is 147 Å². The monoisotopic (exact) mass is 347 g/mol. The van der Waals surface area contributed by atoms with Gasteiger partial charge in [0.2, 0.25) is 0 Å². The summed E-state index contributed by atoms with van der Waals surface area (Å²) in [6.45, 7) is 0. The predicted octanol–water partition coefficient (Wildman–Crippen LogP) is 4.32. The van der Waals surface area contributed by atoms with Crippen molar-refractivity contribution < 1.29 is 9.90 Å². The quantitative estimate of drug-likeness (QED) is 0.579. The van der Waals surface area contributed by atoms with E-state index in [-0.39, 0.29) is 11.7 Å². The lowest BCUT2D eigenvalue weighted by Crippen LogP contribution is -2.12.